The summed E-state index contributed by atoms with van der Waals surface area (Å²) in [6.45, 7) is 0.949. The van der Waals surface area contributed by atoms with Gasteiger partial charge >= 0.3 is 0 Å². The Kier molecular flexibility index (Phi) is 5.66. The van der Waals surface area contributed by atoms with E-state index in [1.165, 1.54) is 4.90 Å². The van der Waals surface area contributed by atoms with Crippen molar-refractivity contribution in [3.63, 3.8) is 0 Å². The molecule has 2 N–H and O–H groups in total. The van der Waals surface area contributed by atoms with Crippen LogP contribution in [0, 0.1) is 0 Å². The molecule has 0 aromatic rings. The molecule has 1 amide bonds. The number of carbonyl (C=O) groups is 1. The van der Waals surface area contributed by atoms with Gasteiger partial charge in [0, 0.05) is 27.2 Å². The minimum Gasteiger partial charge on any atom is -0.348 e. The molecule has 0 rings (SSSR count). The van der Waals surface area contributed by atoms with Gasteiger partial charge in [0.1, 0.15) is 0 Å². The lowest BCUT2D eigenvalue weighted by Gasteiger charge is -2.10. The number of rotatable bonds is 6. The van der Waals surface area contributed by atoms with E-state index in [4.69, 9.17) is 0 Å². The summed E-state index contributed by atoms with van der Waals surface area (Å²) in [5.74, 6) is -0.0376. The van der Waals surface area contributed by atoms with E-state index in [0.29, 0.717) is 13.1 Å². The molecular formula is C7H17N3O3S. The van der Waals surface area contributed by atoms with E-state index in [2.05, 4.69) is 10.0 Å². The molecule has 0 bridgehead atoms. The van der Waals surface area contributed by atoms with Crippen LogP contribution in [0.4, 0.5) is 0 Å². The molecule has 6 nitrogen and oxygen atoms in total. The maximum Gasteiger partial charge on any atom is 0.236 e. The van der Waals surface area contributed by atoms with Crippen molar-refractivity contribution in [1.82, 2.24) is 14.9 Å². The summed E-state index contributed by atoms with van der Waals surface area (Å²) in [6, 6.07) is 0. The molecule has 0 aliphatic heterocycles. The van der Waals surface area contributed by atoms with Crippen molar-refractivity contribution in [2.45, 2.75) is 0 Å². The molecule has 7 heteroatoms. The van der Waals surface area contributed by atoms with Gasteiger partial charge in [-0.15, -0.1) is 0 Å². The zero-order valence-corrected chi connectivity index (χ0v) is 9.52. The first-order valence-corrected chi connectivity index (χ1v) is 6.07. The average Bonchev–Trinajstić information content (AvgIpc) is 2.01. The number of hydrogen-bond acceptors (Lipinski definition) is 4. The highest BCUT2D eigenvalue weighted by Crippen LogP contribution is 1.75. The molecule has 0 saturated heterocycles. The van der Waals surface area contributed by atoms with Crippen molar-refractivity contribution in [1.29, 1.82) is 0 Å². The summed E-state index contributed by atoms with van der Waals surface area (Å²) >= 11 is 0. The molecule has 0 aliphatic carbocycles. The highest BCUT2D eigenvalue weighted by molar-refractivity contribution is 7.88. The summed E-state index contributed by atoms with van der Waals surface area (Å²) in [4.78, 5) is 12.5. The molecule has 0 aromatic carbocycles. The maximum atomic E-state index is 11.0. The summed E-state index contributed by atoms with van der Waals surface area (Å²) < 4.78 is 23.6. The maximum absolute atomic E-state index is 11.0. The summed E-state index contributed by atoms with van der Waals surface area (Å²) in [5, 5.41) is 2.82. The van der Waals surface area contributed by atoms with E-state index in [9.17, 15) is 13.2 Å². The fraction of sp³-hybridized carbons (Fsp3) is 0.857. The van der Waals surface area contributed by atoms with Crippen LogP contribution in [-0.2, 0) is 14.8 Å². The first-order chi connectivity index (χ1) is 6.33. The zero-order valence-electron chi connectivity index (χ0n) is 8.70. The molecule has 0 aliphatic rings. The van der Waals surface area contributed by atoms with Crippen molar-refractivity contribution in [2.24, 2.45) is 0 Å². The molecule has 0 aromatic heterocycles. The average molecular weight is 223 g/mol. The summed E-state index contributed by atoms with van der Waals surface area (Å²) in [6.07, 6.45) is 1.10. The van der Waals surface area contributed by atoms with Gasteiger partial charge in [-0.2, -0.15) is 0 Å². The first-order valence-electron chi connectivity index (χ1n) is 4.18. The van der Waals surface area contributed by atoms with Crippen molar-refractivity contribution < 1.29 is 13.2 Å². The smallest absolute Gasteiger partial charge is 0.236 e. The molecule has 0 fully saturated rings. The van der Waals surface area contributed by atoms with Crippen molar-refractivity contribution >= 4 is 15.9 Å². The van der Waals surface area contributed by atoms with Gasteiger partial charge in [0.25, 0.3) is 0 Å². The van der Waals surface area contributed by atoms with Crippen molar-refractivity contribution in [3.8, 4) is 0 Å². The normalized spacial score (nSPS) is 11.4. The van der Waals surface area contributed by atoms with E-state index < -0.39 is 10.0 Å². The Morgan fingerprint density at radius 2 is 1.86 bits per heavy atom. The highest BCUT2D eigenvalue weighted by atomic mass is 32.2. The topological polar surface area (TPSA) is 78.5 Å². The highest BCUT2D eigenvalue weighted by Gasteiger charge is 2.02. The van der Waals surface area contributed by atoms with E-state index in [-0.39, 0.29) is 12.5 Å². The van der Waals surface area contributed by atoms with Crippen molar-refractivity contribution in [2.75, 3.05) is 40.0 Å². The molecule has 0 saturated carbocycles. The molecule has 0 atom stereocenters. The lowest BCUT2D eigenvalue weighted by Crippen LogP contribution is -2.37. The SMILES string of the molecule is CN(C)C(=O)CNCCNS(C)(=O)=O. The third-order valence-corrected chi connectivity index (χ3v) is 2.17. The number of amides is 1. The number of hydrogen-bond donors (Lipinski definition) is 2. The minimum atomic E-state index is -3.13. The summed E-state index contributed by atoms with van der Waals surface area (Å²) in [7, 11) is 0.204. The number of carbonyl (C=O) groups excluding carboxylic acids is 1. The zero-order chi connectivity index (χ0) is 11.2. The molecule has 0 heterocycles. The van der Waals surface area contributed by atoms with Crippen LogP contribution in [0.15, 0.2) is 0 Å². The molecule has 84 valence electrons. The van der Waals surface area contributed by atoms with Crippen LogP contribution in [0.2, 0.25) is 0 Å². The third-order valence-electron chi connectivity index (χ3n) is 1.44. The summed E-state index contributed by atoms with van der Waals surface area (Å²) in [5.41, 5.74) is 0. The van der Waals surface area contributed by atoms with E-state index in [1.54, 1.807) is 14.1 Å². The Hall–Kier alpha value is -0.660. The standard InChI is InChI=1S/C7H17N3O3S/c1-10(2)7(11)6-8-4-5-9-14(3,12)13/h8-9H,4-6H2,1-3H3. The first kappa shape index (κ1) is 13.3. The van der Waals surface area contributed by atoms with Gasteiger partial charge in [-0.25, -0.2) is 13.1 Å². The van der Waals surface area contributed by atoms with Gasteiger partial charge in [0.05, 0.1) is 12.8 Å². The second-order valence-electron chi connectivity index (χ2n) is 3.13. The van der Waals surface area contributed by atoms with Gasteiger partial charge in [0.15, 0.2) is 0 Å². The van der Waals surface area contributed by atoms with Gasteiger partial charge in [-0.05, 0) is 0 Å². The van der Waals surface area contributed by atoms with Gasteiger partial charge in [-0.3, -0.25) is 4.79 Å². The van der Waals surface area contributed by atoms with E-state index >= 15 is 0 Å². The van der Waals surface area contributed by atoms with Crippen LogP contribution in [0.1, 0.15) is 0 Å². The van der Waals surface area contributed by atoms with Crippen LogP contribution < -0.4 is 10.0 Å². The molecular weight excluding hydrogens is 206 g/mol. The van der Waals surface area contributed by atoms with Gasteiger partial charge in [0.2, 0.25) is 15.9 Å². The van der Waals surface area contributed by atoms with Crippen molar-refractivity contribution in [3.05, 3.63) is 0 Å². The lowest BCUT2D eigenvalue weighted by atomic mass is 10.5. The molecule has 0 unspecified atom stereocenters. The van der Waals surface area contributed by atoms with Crippen LogP contribution in [0.25, 0.3) is 0 Å². The van der Waals surface area contributed by atoms with Crippen LogP contribution in [0.5, 0.6) is 0 Å². The minimum absolute atomic E-state index is 0.0376. The molecule has 0 spiro atoms. The fourth-order valence-electron chi connectivity index (χ4n) is 0.678. The monoisotopic (exact) mass is 223 g/mol. The second-order valence-corrected chi connectivity index (χ2v) is 4.96. The van der Waals surface area contributed by atoms with E-state index in [0.717, 1.165) is 6.26 Å². The predicted octanol–water partition coefficient (Wildman–Crippen LogP) is -1.79. The van der Waals surface area contributed by atoms with Crippen LogP contribution in [-0.4, -0.2) is 59.2 Å². The Labute approximate surface area is 84.7 Å². The Bertz CT molecular complexity index is 274. The fourth-order valence-corrected chi connectivity index (χ4v) is 1.15. The molecule has 14 heavy (non-hydrogen) atoms. The van der Waals surface area contributed by atoms with Crippen LogP contribution >= 0.6 is 0 Å². The largest absolute Gasteiger partial charge is 0.348 e. The number of nitrogens with zero attached hydrogens (tertiary/aromatic N) is 1. The second kappa shape index (κ2) is 5.94. The number of nitrogens with one attached hydrogen (secondary N) is 2. The predicted molar refractivity (Wildman–Crippen MR) is 54.4 cm³/mol. The quantitative estimate of drug-likeness (QED) is 0.522. The van der Waals surface area contributed by atoms with Gasteiger partial charge < -0.3 is 10.2 Å². The number of likely N-dealkylation sites (N-methyl/N-ethyl adjacent to an activating group) is 1. The van der Waals surface area contributed by atoms with Crippen LogP contribution in [0.3, 0.4) is 0 Å². The molecule has 0 radical (unpaired) electrons. The number of sulfonamides is 1. The third kappa shape index (κ3) is 7.96. The Morgan fingerprint density at radius 1 is 1.29 bits per heavy atom. The Balaban J connectivity index is 3.44. The Morgan fingerprint density at radius 3 is 2.29 bits per heavy atom. The van der Waals surface area contributed by atoms with E-state index in [1.807, 2.05) is 0 Å². The lowest BCUT2D eigenvalue weighted by molar-refractivity contribution is -0.127. The van der Waals surface area contributed by atoms with Gasteiger partial charge in [-0.1, -0.05) is 0 Å².